The number of hydrogen-bond acceptors (Lipinski definition) is 8. The molecule has 8 nitrogen and oxygen atoms in total. The van der Waals surface area contributed by atoms with E-state index in [1.807, 2.05) is 0 Å². The minimum Gasteiger partial charge on any atom is -0.465 e. The van der Waals surface area contributed by atoms with Crippen molar-refractivity contribution in [2.24, 2.45) is 22.7 Å². The number of ether oxygens (including phenoxy) is 2. The third-order valence-corrected chi connectivity index (χ3v) is 5.67. The Bertz CT molecular complexity index is 676. The first-order chi connectivity index (χ1) is 13.1. The smallest absolute Gasteiger partial charge is 0.320 e. The maximum Gasteiger partial charge on any atom is 0.320 e. The molecule has 0 aromatic rings. The maximum atomic E-state index is 13.2. The third kappa shape index (κ3) is 3.40. The normalized spacial score (nSPS) is 31.4. The molecule has 2 fully saturated rings. The average Bonchev–Trinajstić information content (AvgIpc) is 3.01. The number of fused-ring (bicyclic) bond motifs is 1. The van der Waals surface area contributed by atoms with Gasteiger partial charge in [-0.1, -0.05) is 0 Å². The summed E-state index contributed by atoms with van der Waals surface area (Å²) in [6, 6.07) is 0. The lowest BCUT2D eigenvalue weighted by Gasteiger charge is -2.29. The van der Waals surface area contributed by atoms with E-state index in [0.717, 1.165) is 0 Å². The molecule has 0 aromatic heterocycles. The lowest BCUT2D eigenvalue weighted by molar-refractivity contribution is -0.164. The number of carbonyl (C=O) groups excluding carboxylic acids is 6. The molecule has 2 aliphatic rings. The van der Waals surface area contributed by atoms with Crippen LogP contribution in [0.4, 0.5) is 0 Å². The summed E-state index contributed by atoms with van der Waals surface area (Å²) in [6.45, 7) is 5.77. The Morgan fingerprint density at radius 1 is 0.786 bits per heavy atom. The molecule has 0 heterocycles. The van der Waals surface area contributed by atoms with Crippen LogP contribution in [0.5, 0.6) is 0 Å². The second kappa shape index (κ2) is 7.93. The molecule has 0 aliphatic heterocycles. The molecule has 8 heteroatoms. The molecule has 2 aliphatic carbocycles. The van der Waals surface area contributed by atoms with Gasteiger partial charge in [-0.15, -0.1) is 0 Å². The molecule has 0 saturated heterocycles. The zero-order valence-corrected chi connectivity index (χ0v) is 16.7. The Balaban J connectivity index is 2.45. The van der Waals surface area contributed by atoms with Gasteiger partial charge in [0.25, 0.3) is 0 Å². The van der Waals surface area contributed by atoms with E-state index in [0.29, 0.717) is 0 Å². The van der Waals surface area contributed by atoms with E-state index in [1.165, 1.54) is 13.8 Å². The molecular weight excluding hydrogens is 368 g/mol. The lowest BCUT2D eigenvalue weighted by Crippen LogP contribution is -2.44. The van der Waals surface area contributed by atoms with E-state index in [1.54, 1.807) is 13.8 Å². The number of Topliss-reactive ketones (excluding diaryl/α,β-unsaturated/α-hetero) is 4. The van der Waals surface area contributed by atoms with Gasteiger partial charge in [0.15, 0.2) is 11.6 Å². The predicted octanol–water partition coefficient (Wildman–Crippen LogP) is 1.22. The van der Waals surface area contributed by atoms with Crippen molar-refractivity contribution in [3.05, 3.63) is 0 Å². The first kappa shape index (κ1) is 21.9. The topological polar surface area (TPSA) is 121 Å². The van der Waals surface area contributed by atoms with Crippen LogP contribution in [-0.2, 0) is 38.2 Å². The number of esters is 2. The average molecular weight is 394 g/mol. The molecule has 0 aromatic carbocycles. The van der Waals surface area contributed by atoms with E-state index in [9.17, 15) is 28.8 Å². The summed E-state index contributed by atoms with van der Waals surface area (Å²) in [5.41, 5.74) is -3.41. The lowest BCUT2D eigenvalue weighted by atomic mass is 9.72. The van der Waals surface area contributed by atoms with Crippen LogP contribution in [0, 0.1) is 22.7 Å². The number of rotatable bonds is 8. The van der Waals surface area contributed by atoms with Crippen LogP contribution in [0.1, 0.15) is 53.4 Å². The molecule has 0 radical (unpaired) electrons. The van der Waals surface area contributed by atoms with Crippen LogP contribution in [-0.4, -0.2) is 48.3 Å². The van der Waals surface area contributed by atoms with Crippen LogP contribution < -0.4 is 0 Å². The van der Waals surface area contributed by atoms with Crippen LogP contribution in [0.2, 0.25) is 0 Å². The molecular formula is C20H26O8. The highest BCUT2D eigenvalue weighted by Crippen LogP contribution is 2.57. The van der Waals surface area contributed by atoms with Gasteiger partial charge in [0.1, 0.15) is 22.4 Å². The molecule has 0 spiro atoms. The minimum absolute atomic E-state index is 0.0339. The molecule has 2 rings (SSSR count). The summed E-state index contributed by atoms with van der Waals surface area (Å²) < 4.78 is 10.1. The van der Waals surface area contributed by atoms with Crippen molar-refractivity contribution in [1.82, 2.24) is 0 Å². The monoisotopic (exact) mass is 394 g/mol. The quantitative estimate of drug-likeness (QED) is 0.445. The van der Waals surface area contributed by atoms with E-state index in [4.69, 9.17) is 9.47 Å². The Morgan fingerprint density at radius 2 is 1.11 bits per heavy atom. The summed E-state index contributed by atoms with van der Waals surface area (Å²) >= 11 is 0. The van der Waals surface area contributed by atoms with Gasteiger partial charge in [0.05, 0.1) is 13.2 Å². The first-order valence-corrected chi connectivity index (χ1v) is 9.47. The van der Waals surface area contributed by atoms with E-state index >= 15 is 0 Å². The molecule has 0 N–H and O–H groups in total. The minimum atomic E-state index is -1.70. The Labute approximate surface area is 163 Å². The zero-order chi connectivity index (χ0) is 21.3. The molecule has 0 unspecified atom stereocenters. The van der Waals surface area contributed by atoms with Gasteiger partial charge in [0, 0.05) is 24.7 Å². The Hall–Kier alpha value is -2.38. The van der Waals surface area contributed by atoms with Gasteiger partial charge < -0.3 is 9.47 Å². The van der Waals surface area contributed by atoms with Gasteiger partial charge in [-0.2, -0.15) is 0 Å². The van der Waals surface area contributed by atoms with Crippen molar-refractivity contribution in [1.29, 1.82) is 0 Å². The van der Waals surface area contributed by atoms with Crippen molar-refractivity contribution in [2.75, 3.05) is 13.2 Å². The van der Waals surface area contributed by atoms with Gasteiger partial charge in [0.2, 0.25) is 0 Å². The van der Waals surface area contributed by atoms with E-state index in [2.05, 4.69) is 0 Å². The first-order valence-electron chi connectivity index (χ1n) is 9.47. The number of carbonyl (C=O) groups is 6. The van der Waals surface area contributed by atoms with Crippen LogP contribution in [0.3, 0.4) is 0 Å². The number of ketones is 4. The summed E-state index contributed by atoms with van der Waals surface area (Å²) in [7, 11) is 0. The summed E-state index contributed by atoms with van der Waals surface area (Å²) in [5.74, 6) is -5.32. The van der Waals surface area contributed by atoms with Gasteiger partial charge in [-0.05, 0) is 40.5 Å². The van der Waals surface area contributed by atoms with Crippen LogP contribution in [0.25, 0.3) is 0 Å². The fourth-order valence-electron chi connectivity index (χ4n) is 4.72. The van der Waals surface area contributed by atoms with Gasteiger partial charge in [-0.25, -0.2) is 0 Å². The highest BCUT2D eigenvalue weighted by molar-refractivity contribution is 6.17. The highest BCUT2D eigenvalue weighted by atomic mass is 16.5. The second-order valence-corrected chi connectivity index (χ2v) is 7.71. The largest absolute Gasteiger partial charge is 0.465 e. The number of hydrogen-bond donors (Lipinski definition) is 0. The second-order valence-electron chi connectivity index (χ2n) is 7.71. The molecule has 0 amide bonds. The zero-order valence-electron chi connectivity index (χ0n) is 16.7. The molecule has 154 valence electrons. The van der Waals surface area contributed by atoms with Gasteiger partial charge >= 0.3 is 11.9 Å². The Morgan fingerprint density at radius 3 is 1.36 bits per heavy atom. The predicted molar refractivity (Wildman–Crippen MR) is 95.0 cm³/mol. The van der Waals surface area contributed by atoms with E-state index < -0.39 is 46.2 Å². The summed E-state index contributed by atoms with van der Waals surface area (Å²) in [5, 5.41) is 0. The fourth-order valence-corrected chi connectivity index (χ4v) is 4.72. The van der Waals surface area contributed by atoms with E-state index in [-0.39, 0.29) is 50.5 Å². The maximum absolute atomic E-state index is 13.2. The van der Waals surface area contributed by atoms with Crippen molar-refractivity contribution in [3.63, 3.8) is 0 Å². The van der Waals surface area contributed by atoms with Crippen molar-refractivity contribution >= 4 is 35.1 Å². The summed E-state index contributed by atoms with van der Waals surface area (Å²) in [6.07, 6.45) is -1.06. The SMILES string of the molecule is CCOC(=O)[C@]1(CC(C)=O)C[C@H]2C(=O)[C@](CC(C)=O)(C(=O)OCC)C[C@@H]2C1=O. The molecule has 2 saturated carbocycles. The van der Waals surface area contributed by atoms with Crippen LogP contribution in [0.15, 0.2) is 0 Å². The standard InChI is InChI=1S/C20H26O8/c1-5-27-17(25)19(7-11(3)21)9-13-14(15(19)23)10-20(16(13)24,8-12(4)22)18(26)28-6-2/h13-14H,5-10H2,1-4H3/t13-,14+,19-,20-/m1/s1. The molecule has 4 atom stereocenters. The third-order valence-electron chi connectivity index (χ3n) is 5.67. The summed E-state index contributed by atoms with van der Waals surface area (Å²) in [4.78, 5) is 75.1. The highest BCUT2D eigenvalue weighted by Gasteiger charge is 2.69. The Kier molecular flexibility index (Phi) is 6.21. The van der Waals surface area contributed by atoms with Crippen molar-refractivity contribution in [3.8, 4) is 0 Å². The molecule has 28 heavy (non-hydrogen) atoms. The van der Waals surface area contributed by atoms with Crippen molar-refractivity contribution in [2.45, 2.75) is 53.4 Å². The fraction of sp³-hybridized carbons (Fsp3) is 0.700. The van der Waals surface area contributed by atoms with Gasteiger partial charge in [-0.3, -0.25) is 28.8 Å². The van der Waals surface area contributed by atoms with Crippen molar-refractivity contribution < 1.29 is 38.2 Å². The molecule has 0 bridgehead atoms. The van der Waals surface area contributed by atoms with Crippen LogP contribution >= 0.6 is 0 Å².